The maximum Gasteiger partial charge on any atom is 0.0391 e. The largest absolute Gasteiger partial charge is 0.302 e. The van der Waals surface area contributed by atoms with Gasteiger partial charge in [0.2, 0.25) is 0 Å². The van der Waals surface area contributed by atoms with Gasteiger partial charge in [0.05, 0.1) is 0 Å². The summed E-state index contributed by atoms with van der Waals surface area (Å²) < 4.78 is 0. The molecule has 0 aliphatic rings. The molecule has 1 aromatic heterocycles. The first-order valence-corrected chi connectivity index (χ1v) is 8.33. The normalized spacial score (nSPS) is 14.4. The van der Waals surface area contributed by atoms with Gasteiger partial charge in [-0.3, -0.25) is 0 Å². The third kappa shape index (κ3) is 3.71. The van der Waals surface area contributed by atoms with Crippen LogP contribution in [0.3, 0.4) is 0 Å². The van der Waals surface area contributed by atoms with E-state index in [1.165, 1.54) is 15.3 Å². The highest BCUT2D eigenvalue weighted by Crippen LogP contribution is 2.29. The number of hydrogen-bond acceptors (Lipinski definition) is 2. The first-order valence-electron chi connectivity index (χ1n) is 7.51. The molecule has 1 aromatic carbocycles. The number of thiophene rings is 1. The van der Waals surface area contributed by atoms with E-state index in [9.17, 15) is 0 Å². The molecule has 2 unspecified atom stereocenters. The van der Waals surface area contributed by atoms with Crippen molar-refractivity contribution in [2.75, 3.05) is 0 Å². The standard InChI is InChI=1S/C18H25NS/c1-5-16-11-12-17(20-16)14(4)19-18(13(2)3)15-9-7-6-8-10-15/h6-14,18-19H,5H2,1-4H3. The molecule has 2 aromatic rings. The maximum atomic E-state index is 3.80. The summed E-state index contributed by atoms with van der Waals surface area (Å²) in [5, 5.41) is 3.80. The fourth-order valence-corrected chi connectivity index (χ4v) is 3.47. The van der Waals surface area contributed by atoms with Crippen molar-refractivity contribution >= 4 is 11.3 Å². The molecule has 1 heterocycles. The van der Waals surface area contributed by atoms with Gasteiger partial charge in [0, 0.05) is 21.8 Å². The van der Waals surface area contributed by atoms with Crippen molar-refractivity contribution in [1.82, 2.24) is 5.32 Å². The van der Waals surface area contributed by atoms with E-state index < -0.39 is 0 Å². The Morgan fingerprint density at radius 3 is 2.25 bits per heavy atom. The molecule has 0 aliphatic carbocycles. The summed E-state index contributed by atoms with van der Waals surface area (Å²) in [6, 6.07) is 16.1. The lowest BCUT2D eigenvalue weighted by Crippen LogP contribution is -2.28. The quantitative estimate of drug-likeness (QED) is 0.754. The van der Waals surface area contributed by atoms with Gasteiger partial charge < -0.3 is 5.32 Å². The lowest BCUT2D eigenvalue weighted by atomic mass is 9.95. The summed E-state index contributed by atoms with van der Waals surface area (Å²) in [6.07, 6.45) is 1.13. The number of rotatable bonds is 6. The molecule has 0 bridgehead atoms. The molecule has 0 saturated carbocycles. The average Bonchev–Trinajstić information content (AvgIpc) is 2.94. The molecule has 2 rings (SSSR count). The van der Waals surface area contributed by atoms with Crippen molar-refractivity contribution in [3.8, 4) is 0 Å². The van der Waals surface area contributed by atoms with Crippen LogP contribution in [0.25, 0.3) is 0 Å². The van der Waals surface area contributed by atoms with E-state index in [1.807, 2.05) is 11.3 Å². The molecule has 0 amide bonds. The van der Waals surface area contributed by atoms with Crippen molar-refractivity contribution in [3.63, 3.8) is 0 Å². The Morgan fingerprint density at radius 2 is 1.70 bits per heavy atom. The first-order chi connectivity index (χ1) is 9.61. The predicted molar refractivity (Wildman–Crippen MR) is 89.3 cm³/mol. The second-order valence-corrected chi connectivity index (χ2v) is 6.88. The third-order valence-electron chi connectivity index (χ3n) is 3.71. The molecule has 2 atom stereocenters. The Labute approximate surface area is 127 Å². The highest BCUT2D eigenvalue weighted by Gasteiger charge is 2.19. The average molecular weight is 287 g/mol. The molecule has 108 valence electrons. The van der Waals surface area contributed by atoms with E-state index in [1.54, 1.807) is 0 Å². The zero-order valence-corrected chi connectivity index (χ0v) is 13.7. The Bertz CT molecular complexity index is 515. The Kier molecular flexibility index (Phi) is 5.38. The van der Waals surface area contributed by atoms with Gasteiger partial charge in [-0.05, 0) is 37.0 Å². The highest BCUT2D eigenvalue weighted by molar-refractivity contribution is 7.12. The van der Waals surface area contributed by atoms with Gasteiger partial charge in [0.15, 0.2) is 0 Å². The Hall–Kier alpha value is -1.12. The third-order valence-corrected chi connectivity index (χ3v) is 5.12. The molecule has 0 fully saturated rings. The fraction of sp³-hybridized carbons (Fsp3) is 0.444. The predicted octanol–water partition coefficient (Wildman–Crippen LogP) is 5.36. The lowest BCUT2D eigenvalue weighted by Gasteiger charge is -2.26. The van der Waals surface area contributed by atoms with E-state index in [4.69, 9.17) is 0 Å². The minimum Gasteiger partial charge on any atom is -0.302 e. The van der Waals surface area contributed by atoms with Gasteiger partial charge in [-0.2, -0.15) is 0 Å². The zero-order chi connectivity index (χ0) is 14.5. The van der Waals surface area contributed by atoms with Gasteiger partial charge in [-0.15, -0.1) is 11.3 Å². The molecule has 0 spiro atoms. The molecular weight excluding hydrogens is 262 g/mol. The number of nitrogens with one attached hydrogen (secondary N) is 1. The smallest absolute Gasteiger partial charge is 0.0391 e. The van der Waals surface area contributed by atoms with Crippen LogP contribution in [0.5, 0.6) is 0 Å². The van der Waals surface area contributed by atoms with Crippen LogP contribution in [0.1, 0.15) is 55.1 Å². The molecule has 0 radical (unpaired) electrons. The monoisotopic (exact) mass is 287 g/mol. The Morgan fingerprint density at radius 1 is 1.00 bits per heavy atom. The summed E-state index contributed by atoms with van der Waals surface area (Å²) in [6.45, 7) is 9.05. The van der Waals surface area contributed by atoms with E-state index in [0.29, 0.717) is 18.0 Å². The second-order valence-electron chi connectivity index (χ2n) is 5.68. The van der Waals surface area contributed by atoms with Gasteiger partial charge in [-0.1, -0.05) is 51.1 Å². The summed E-state index contributed by atoms with van der Waals surface area (Å²) in [5.41, 5.74) is 1.38. The van der Waals surface area contributed by atoms with E-state index >= 15 is 0 Å². The van der Waals surface area contributed by atoms with Crippen LogP contribution in [-0.2, 0) is 6.42 Å². The molecule has 20 heavy (non-hydrogen) atoms. The summed E-state index contributed by atoms with van der Waals surface area (Å²) in [5.74, 6) is 0.574. The van der Waals surface area contributed by atoms with E-state index in [-0.39, 0.29) is 0 Å². The highest BCUT2D eigenvalue weighted by atomic mass is 32.1. The van der Waals surface area contributed by atoms with E-state index in [2.05, 4.69) is 75.5 Å². The molecule has 0 saturated heterocycles. The SMILES string of the molecule is CCc1ccc(C(C)NC(c2ccccc2)C(C)C)s1. The minimum atomic E-state index is 0.396. The summed E-state index contributed by atoms with van der Waals surface area (Å²) in [7, 11) is 0. The minimum absolute atomic E-state index is 0.396. The van der Waals surface area contributed by atoms with Gasteiger partial charge in [-0.25, -0.2) is 0 Å². The van der Waals surface area contributed by atoms with Crippen molar-refractivity contribution in [2.45, 2.75) is 46.2 Å². The number of benzene rings is 1. The molecule has 0 aliphatic heterocycles. The second kappa shape index (κ2) is 7.05. The van der Waals surface area contributed by atoms with Crippen LogP contribution in [-0.4, -0.2) is 0 Å². The summed E-state index contributed by atoms with van der Waals surface area (Å²) >= 11 is 1.93. The van der Waals surface area contributed by atoms with Crippen LogP contribution in [0.4, 0.5) is 0 Å². The number of aryl methyl sites for hydroxylation is 1. The number of hydrogen-bond donors (Lipinski definition) is 1. The van der Waals surface area contributed by atoms with E-state index in [0.717, 1.165) is 6.42 Å². The fourth-order valence-electron chi connectivity index (χ4n) is 2.50. The van der Waals surface area contributed by atoms with Crippen LogP contribution in [0.2, 0.25) is 0 Å². The lowest BCUT2D eigenvalue weighted by molar-refractivity contribution is 0.377. The zero-order valence-electron chi connectivity index (χ0n) is 12.9. The Balaban J connectivity index is 2.12. The van der Waals surface area contributed by atoms with Crippen molar-refractivity contribution in [2.24, 2.45) is 5.92 Å². The molecule has 1 nitrogen and oxygen atoms in total. The van der Waals surface area contributed by atoms with Crippen LogP contribution in [0.15, 0.2) is 42.5 Å². The molecule has 2 heteroatoms. The first kappa shape index (κ1) is 15.3. The molecule has 1 N–H and O–H groups in total. The van der Waals surface area contributed by atoms with Crippen molar-refractivity contribution in [1.29, 1.82) is 0 Å². The van der Waals surface area contributed by atoms with Crippen LogP contribution >= 0.6 is 11.3 Å². The van der Waals surface area contributed by atoms with Gasteiger partial charge in [0.25, 0.3) is 0 Å². The molecular formula is C18H25NS. The van der Waals surface area contributed by atoms with Crippen molar-refractivity contribution < 1.29 is 0 Å². The van der Waals surface area contributed by atoms with Crippen molar-refractivity contribution in [3.05, 3.63) is 57.8 Å². The topological polar surface area (TPSA) is 12.0 Å². The van der Waals surface area contributed by atoms with Gasteiger partial charge in [0.1, 0.15) is 0 Å². The maximum absolute atomic E-state index is 3.80. The summed E-state index contributed by atoms with van der Waals surface area (Å²) in [4.78, 5) is 2.90. The van der Waals surface area contributed by atoms with Crippen LogP contribution in [0, 0.1) is 5.92 Å². The van der Waals surface area contributed by atoms with Gasteiger partial charge >= 0.3 is 0 Å². The van der Waals surface area contributed by atoms with Crippen LogP contribution < -0.4 is 5.32 Å².